The lowest BCUT2D eigenvalue weighted by Crippen LogP contribution is -2.32. The minimum atomic E-state index is -4.93. The third-order valence-corrected chi connectivity index (χ3v) is 5.50. The normalized spacial score (nSPS) is 12.8. The first-order chi connectivity index (χ1) is 19.4. The third-order valence-electron chi connectivity index (χ3n) is 5.50. The van der Waals surface area contributed by atoms with Crippen molar-refractivity contribution >= 4 is 12.1 Å². The second-order valence-electron chi connectivity index (χ2n) is 9.41. The van der Waals surface area contributed by atoms with E-state index < -0.39 is 66.0 Å². The van der Waals surface area contributed by atoms with E-state index >= 15 is 0 Å². The SMILES string of the molecule is CC(OC(=O)OC(C)(C)CC(=O)O)n1nc(C#N)c(-c2cccc(OCc3cc(C(F)(F)F)ccc3C(F)(F)F)c2)n1. The van der Waals surface area contributed by atoms with E-state index in [0.717, 1.165) is 4.80 Å². The van der Waals surface area contributed by atoms with E-state index in [1.807, 2.05) is 0 Å². The summed E-state index contributed by atoms with van der Waals surface area (Å²) in [5.74, 6) is -1.26. The molecule has 3 aromatic rings. The van der Waals surface area contributed by atoms with E-state index in [1.165, 1.54) is 45.0 Å². The highest BCUT2D eigenvalue weighted by molar-refractivity contribution is 5.69. The number of carboxylic acid groups (broad SMARTS) is 1. The fourth-order valence-electron chi connectivity index (χ4n) is 3.65. The molecule has 0 saturated carbocycles. The number of carboxylic acids is 1. The Hall–Kier alpha value is -4.81. The number of aromatic nitrogens is 3. The lowest BCUT2D eigenvalue weighted by atomic mass is 10.0. The molecule has 0 aliphatic carbocycles. The molecule has 0 saturated heterocycles. The van der Waals surface area contributed by atoms with E-state index in [0.29, 0.717) is 18.2 Å². The first-order valence-corrected chi connectivity index (χ1v) is 11.9. The van der Waals surface area contributed by atoms with Crippen molar-refractivity contribution in [1.29, 1.82) is 5.26 Å². The number of nitrogens with zero attached hydrogens (tertiary/aromatic N) is 4. The molecule has 3 rings (SSSR count). The van der Waals surface area contributed by atoms with Gasteiger partial charge in [-0.05, 0) is 51.1 Å². The number of hydrogen-bond acceptors (Lipinski definition) is 8. The molecule has 0 bridgehead atoms. The Balaban J connectivity index is 1.81. The van der Waals surface area contributed by atoms with Gasteiger partial charge in [-0.15, -0.1) is 15.0 Å². The van der Waals surface area contributed by atoms with Crippen LogP contribution in [0.3, 0.4) is 0 Å². The third kappa shape index (κ3) is 8.12. The number of ether oxygens (including phenoxy) is 3. The maximum absolute atomic E-state index is 13.4. The lowest BCUT2D eigenvalue weighted by Gasteiger charge is -2.23. The summed E-state index contributed by atoms with van der Waals surface area (Å²) in [5, 5.41) is 26.5. The number of carbonyl (C=O) groups is 2. The smallest absolute Gasteiger partial charge is 0.489 e. The fourth-order valence-corrected chi connectivity index (χ4v) is 3.65. The quantitative estimate of drug-likeness (QED) is 0.220. The Morgan fingerprint density at radius 2 is 1.74 bits per heavy atom. The first kappa shape index (κ1) is 31.7. The summed E-state index contributed by atoms with van der Waals surface area (Å²) in [5.41, 5.74) is -4.77. The van der Waals surface area contributed by atoms with Gasteiger partial charge in [0.2, 0.25) is 6.23 Å². The second kappa shape index (κ2) is 12.0. The Bertz CT molecular complexity index is 1510. The molecule has 224 valence electrons. The molecule has 1 unspecified atom stereocenters. The van der Waals surface area contributed by atoms with Gasteiger partial charge in [0.25, 0.3) is 0 Å². The zero-order valence-electron chi connectivity index (χ0n) is 22.1. The Labute approximate surface area is 234 Å². The van der Waals surface area contributed by atoms with Crippen LogP contribution in [0, 0.1) is 11.3 Å². The highest BCUT2D eigenvalue weighted by atomic mass is 19.4. The Morgan fingerprint density at radius 1 is 1.05 bits per heavy atom. The molecule has 1 aromatic heterocycles. The largest absolute Gasteiger partial charge is 0.510 e. The van der Waals surface area contributed by atoms with Crippen LogP contribution in [0.4, 0.5) is 31.1 Å². The molecule has 0 spiro atoms. The van der Waals surface area contributed by atoms with Crippen LogP contribution in [-0.4, -0.2) is 37.8 Å². The van der Waals surface area contributed by atoms with Crippen molar-refractivity contribution in [2.24, 2.45) is 0 Å². The number of alkyl halides is 6. The molecule has 1 atom stereocenters. The van der Waals surface area contributed by atoms with Gasteiger partial charge < -0.3 is 19.3 Å². The monoisotopic (exact) mass is 600 g/mol. The van der Waals surface area contributed by atoms with Crippen molar-refractivity contribution < 1.29 is 55.2 Å². The molecule has 10 nitrogen and oxygen atoms in total. The molecule has 2 aromatic carbocycles. The van der Waals surface area contributed by atoms with Crippen molar-refractivity contribution in [3.8, 4) is 23.1 Å². The summed E-state index contributed by atoms with van der Waals surface area (Å²) in [6.45, 7) is 3.20. The van der Waals surface area contributed by atoms with E-state index in [-0.39, 0.29) is 22.7 Å². The van der Waals surface area contributed by atoms with Crippen molar-refractivity contribution in [1.82, 2.24) is 15.0 Å². The highest BCUT2D eigenvalue weighted by Gasteiger charge is 2.37. The number of halogens is 6. The summed E-state index contributed by atoms with van der Waals surface area (Å²) in [4.78, 5) is 23.9. The maximum atomic E-state index is 13.4. The molecule has 16 heteroatoms. The molecule has 0 aliphatic rings. The number of hydrogen-bond donors (Lipinski definition) is 1. The Morgan fingerprint density at radius 3 is 2.33 bits per heavy atom. The predicted molar refractivity (Wildman–Crippen MR) is 130 cm³/mol. The van der Waals surface area contributed by atoms with E-state index in [2.05, 4.69) is 10.2 Å². The van der Waals surface area contributed by atoms with Gasteiger partial charge in [0, 0.05) is 11.1 Å². The van der Waals surface area contributed by atoms with Gasteiger partial charge in [0.15, 0.2) is 5.69 Å². The first-order valence-electron chi connectivity index (χ1n) is 11.9. The standard InChI is InChI=1S/C26H22F6N4O6/c1-14(41-23(39)42-24(2,3)11-21(37)38)36-34-20(12-33)22(35-36)15-5-4-6-18(10-15)40-13-16-9-17(25(27,28)29)7-8-19(16)26(30,31)32/h4-10,14H,11,13H2,1-3H3,(H,37,38). The molecule has 42 heavy (non-hydrogen) atoms. The van der Waals surface area contributed by atoms with Crippen LogP contribution < -0.4 is 4.74 Å². The zero-order chi connectivity index (χ0) is 31.5. The molecule has 1 N–H and O–H groups in total. The van der Waals surface area contributed by atoms with Crippen molar-refractivity contribution in [2.75, 3.05) is 0 Å². The van der Waals surface area contributed by atoms with Gasteiger partial charge in [-0.1, -0.05) is 12.1 Å². The minimum Gasteiger partial charge on any atom is -0.489 e. The molecule has 0 amide bonds. The van der Waals surface area contributed by atoms with Crippen LogP contribution in [0.2, 0.25) is 0 Å². The summed E-state index contributed by atoms with van der Waals surface area (Å²) < 4.78 is 94.9. The number of aliphatic carboxylic acids is 1. The van der Waals surface area contributed by atoms with Crippen LogP contribution in [-0.2, 0) is 33.2 Å². The second-order valence-corrected chi connectivity index (χ2v) is 9.41. The molecule has 0 radical (unpaired) electrons. The van der Waals surface area contributed by atoms with Gasteiger partial charge in [0.05, 0.1) is 17.5 Å². The van der Waals surface area contributed by atoms with E-state index in [4.69, 9.17) is 19.3 Å². The summed E-state index contributed by atoms with van der Waals surface area (Å²) >= 11 is 0. The molecule has 0 aliphatic heterocycles. The van der Waals surface area contributed by atoms with Gasteiger partial charge in [-0.2, -0.15) is 31.6 Å². The van der Waals surface area contributed by atoms with Gasteiger partial charge in [-0.25, -0.2) is 4.79 Å². The minimum absolute atomic E-state index is 0.0342. The Kier molecular flexibility index (Phi) is 9.04. The van der Waals surface area contributed by atoms with Crippen LogP contribution in [0.5, 0.6) is 5.75 Å². The van der Waals surface area contributed by atoms with Crippen LogP contribution in [0.1, 0.15) is 55.8 Å². The molecular formula is C26H22F6N4O6. The maximum Gasteiger partial charge on any atom is 0.510 e. The number of nitriles is 1. The molecule has 0 fully saturated rings. The van der Waals surface area contributed by atoms with Gasteiger partial charge in [-0.3, -0.25) is 4.79 Å². The highest BCUT2D eigenvalue weighted by Crippen LogP contribution is 2.37. The lowest BCUT2D eigenvalue weighted by molar-refractivity contribution is -0.142. The average molecular weight is 600 g/mol. The van der Waals surface area contributed by atoms with E-state index in [9.17, 15) is 41.2 Å². The van der Waals surface area contributed by atoms with Crippen molar-refractivity contribution in [3.63, 3.8) is 0 Å². The number of rotatable bonds is 9. The summed E-state index contributed by atoms with van der Waals surface area (Å²) in [6, 6.07) is 8.32. The molecular weight excluding hydrogens is 578 g/mol. The summed E-state index contributed by atoms with van der Waals surface area (Å²) in [6.07, 6.45) is -12.7. The van der Waals surface area contributed by atoms with Gasteiger partial charge >= 0.3 is 24.5 Å². The van der Waals surface area contributed by atoms with Crippen molar-refractivity contribution in [2.45, 2.75) is 58.0 Å². The van der Waals surface area contributed by atoms with Crippen LogP contribution in [0.25, 0.3) is 11.3 Å². The average Bonchev–Trinajstić information content (AvgIpc) is 3.30. The van der Waals surface area contributed by atoms with Crippen LogP contribution in [0.15, 0.2) is 42.5 Å². The van der Waals surface area contributed by atoms with Gasteiger partial charge in [0.1, 0.15) is 29.7 Å². The summed E-state index contributed by atoms with van der Waals surface area (Å²) in [7, 11) is 0. The predicted octanol–water partition coefficient (Wildman–Crippen LogP) is 6.36. The number of carbonyl (C=O) groups excluding carboxylic acids is 1. The van der Waals surface area contributed by atoms with Crippen LogP contribution >= 0.6 is 0 Å². The zero-order valence-corrected chi connectivity index (χ0v) is 22.1. The topological polar surface area (TPSA) is 137 Å². The number of benzene rings is 2. The molecule has 1 heterocycles. The fraction of sp³-hybridized carbons (Fsp3) is 0.346. The van der Waals surface area contributed by atoms with E-state index in [1.54, 1.807) is 6.07 Å². The van der Waals surface area contributed by atoms with Crippen molar-refractivity contribution in [3.05, 3.63) is 64.8 Å².